The molecule has 2 N–H and O–H groups in total. The zero-order chi connectivity index (χ0) is 11.6. The van der Waals surface area contributed by atoms with Crippen molar-refractivity contribution < 1.29 is 9.72 Å². The first-order valence-corrected chi connectivity index (χ1v) is 4.21. The molecule has 0 spiro atoms. The summed E-state index contributed by atoms with van der Waals surface area (Å²) in [6, 6.07) is 4.24. The number of rotatable bonds is 2. The van der Waals surface area contributed by atoms with Crippen LogP contribution in [-0.4, -0.2) is 17.9 Å². The Morgan fingerprint density at radius 3 is 2.60 bits per heavy atom. The van der Waals surface area contributed by atoms with Crippen LogP contribution in [0.15, 0.2) is 18.2 Å². The highest BCUT2D eigenvalue weighted by molar-refractivity contribution is 5.91. The molecule has 0 saturated carbocycles. The minimum Gasteiger partial charge on any atom is -0.393 e. The summed E-state index contributed by atoms with van der Waals surface area (Å²) < 4.78 is 0. The lowest BCUT2D eigenvalue weighted by Gasteiger charge is -2.14. The van der Waals surface area contributed by atoms with Crippen LogP contribution in [0.5, 0.6) is 0 Å². The molecular weight excluding hydrogens is 198 g/mol. The Bertz CT molecular complexity index is 417. The highest BCUT2D eigenvalue weighted by Crippen LogP contribution is 2.26. The van der Waals surface area contributed by atoms with E-state index in [4.69, 9.17) is 5.73 Å². The lowest BCUT2D eigenvalue weighted by Crippen LogP contribution is -2.22. The quantitative estimate of drug-likeness (QED) is 0.449. The third-order valence-corrected chi connectivity index (χ3v) is 2.07. The minimum absolute atomic E-state index is 0.0840. The van der Waals surface area contributed by atoms with Crippen molar-refractivity contribution in [2.75, 3.05) is 17.7 Å². The van der Waals surface area contributed by atoms with Crippen molar-refractivity contribution in [2.24, 2.45) is 0 Å². The first kappa shape index (κ1) is 11.0. The van der Waals surface area contributed by atoms with Crippen molar-refractivity contribution in [1.29, 1.82) is 0 Å². The van der Waals surface area contributed by atoms with Crippen LogP contribution < -0.4 is 10.6 Å². The van der Waals surface area contributed by atoms with Crippen LogP contribution in [0.1, 0.15) is 6.92 Å². The summed E-state index contributed by atoms with van der Waals surface area (Å²) in [6.45, 7) is 1.38. The number of carbonyl (C=O) groups excluding carboxylic acids is 1. The van der Waals surface area contributed by atoms with Gasteiger partial charge in [-0.05, 0) is 12.1 Å². The van der Waals surface area contributed by atoms with Crippen LogP contribution >= 0.6 is 0 Å². The van der Waals surface area contributed by atoms with Crippen LogP contribution in [0, 0.1) is 10.1 Å². The van der Waals surface area contributed by atoms with Gasteiger partial charge in [-0.25, -0.2) is 0 Å². The van der Waals surface area contributed by atoms with Crippen molar-refractivity contribution >= 4 is 23.0 Å². The van der Waals surface area contributed by atoms with Crippen LogP contribution in [0.2, 0.25) is 0 Å². The highest BCUT2D eigenvalue weighted by atomic mass is 16.6. The molecule has 15 heavy (non-hydrogen) atoms. The second kappa shape index (κ2) is 3.95. The second-order valence-corrected chi connectivity index (χ2v) is 3.08. The molecule has 0 aliphatic carbocycles. The smallest absolute Gasteiger partial charge is 0.294 e. The van der Waals surface area contributed by atoms with E-state index in [9.17, 15) is 14.9 Å². The first-order chi connectivity index (χ1) is 6.93. The van der Waals surface area contributed by atoms with E-state index in [1.165, 1.54) is 31.0 Å². The Hall–Kier alpha value is -2.11. The Morgan fingerprint density at radius 2 is 2.13 bits per heavy atom. The topological polar surface area (TPSA) is 89.5 Å². The van der Waals surface area contributed by atoms with E-state index in [2.05, 4.69) is 0 Å². The number of carbonyl (C=O) groups is 1. The Kier molecular flexibility index (Phi) is 2.89. The molecule has 0 aromatic heterocycles. The fourth-order valence-corrected chi connectivity index (χ4v) is 1.08. The Balaban J connectivity index is 3.18. The summed E-state index contributed by atoms with van der Waals surface area (Å²) in [4.78, 5) is 22.4. The predicted octanol–water partition coefficient (Wildman–Crippen LogP) is 1.16. The third kappa shape index (κ3) is 2.22. The molecular formula is C9H11N3O3. The van der Waals surface area contributed by atoms with Crippen molar-refractivity contribution in [1.82, 2.24) is 0 Å². The molecule has 1 aromatic rings. The van der Waals surface area contributed by atoms with Crippen LogP contribution in [-0.2, 0) is 4.79 Å². The molecule has 0 bridgehead atoms. The number of hydrogen-bond acceptors (Lipinski definition) is 4. The fraction of sp³-hybridized carbons (Fsp3) is 0.222. The molecule has 6 heteroatoms. The van der Waals surface area contributed by atoms with Gasteiger partial charge >= 0.3 is 0 Å². The predicted molar refractivity (Wildman–Crippen MR) is 56.6 cm³/mol. The van der Waals surface area contributed by atoms with E-state index >= 15 is 0 Å². The number of nitrogens with two attached hydrogens (primary N) is 1. The minimum atomic E-state index is -0.577. The first-order valence-electron chi connectivity index (χ1n) is 4.21. The molecule has 0 radical (unpaired) electrons. The standard InChI is InChI=1S/C9H11N3O3/c1-6(13)11(2)7-3-4-8(10)9(5-7)12(14)15/h3-5H,10H2,1-2H3. The number of nitro benzene ring substituents is 1. The van der Waals surface area contributed by atoms with E-state index in [1.54, 1.807) is 6.07 Å². The van der Waals surface area contributed by atoms with Crippen molar-refractivity contribution in [3.8, 4) is 0 Å². The van der Waals surface area contributed by atoms with Crippen molar-refractivity contribution in [3.05, 3.63) is 28.3 Å². The number of nitrogens with zero attached hydrogens (tertiary/aromatic N) is 2. The number of hydrogen-bond donors (Lipinski definition) is 1. The molecule has 0 saturated heterocycles. The molecule has 0 atom stereocenters. The molecule has 6 nitrogen and oxygen atoms in total. The number of amides is 1. The molecule has 0 aliphatic heterocycles. The molecule has 0 unspecified atom stereocenters. The van der Waals surface area contributed by atoms with Gasteiger partial charge in [0, 0.05) is 20.0 Å². The van der Waals surface area contributed by atoms with Gasteiger partial charge < -0.3 is 10.6 Å². The maximum Gasteiger partial charge on any atom is 0.294 e. The molecule has 1 rings (SSSR count). The maximum atomic E-state index is 11.0. The average Bonchev–Trinajstić information content (AvgIpc) is 2.16. The van der Waals surface area contributed by atoms with Gasteiger partial charge in [0.25, 0.3) is 5.69 Å². The van der Waals surface area contributed by atoms with E-state index in [0.717, 1.165) is 0 Å². The molecule has 0 fully saturated rings. The van der Waals surface area contributed by atoms with E-state index in [0.29, 0.717) is 5.69 Å². The highest BCUT2D eigenvalue weighted by Gasteiger charge is 2.14. The summed E-state index contributed by atoms with van der Waals surface area (Å²) in [5.74, 6) is -0.200. The van der Waals surface area contributed by atoms with Gasteiger partial charge in [-0.1, -0.05) is 0 Å². The SMILES string of the molecule is CC(=O)N(C)c1ccc(N)c([N+](=O)[O-])c1. The van der Waals surface area contributed by atoms with E-state index < -0.39 is 4.92 Å². The van der Waals surface area contributed by atoms with Gasteiger partial charge in [-0.2, -0.15) is 0 Å². The Morgan fingerprint density at radius 1 is 1.53 bits per heavy atom. The van der Waals surface area contributed by atoms with Gasteiger partial charge in [-0.3, -0.25) is 14.9 Å². The number of nitrogen functional groups attached to an aromatic ring is 1. The van der Waals surface area contributed by atoms with Gasteiger partial charge in [0.1, 0.15) is 5.69 Å². The molecule has 0 aliphatic rings. The third-order valence-electron chi connectivity index (χ3n) is 2.07. The fourth-order valence-electron chi connectivity index (χ4n) is 1.08. The second-order valence-electron chi connectivity index (χ2n) is 3.08. The van der Waals surface area contributed by atoms with Gasteiger partial charge in [0.2, 0.25) is 5.91 Å². The normalized spacial score (nSPS) is 9.73. The zero-order valence-corrected chi connectivity index (χ0v) is 8.43. The van der Waals surface area contributed by atoms with Gasteiger partial charge in [-0.15, -0.1) is 0 Å². The van der Waals surface area contributed by atoms with Crippen LogP contribution in [0.3, 0.4) is 0 Å². The molecule has 0 heterocycles. The van der Waals surface area contributed by atoms with E-state index in [-0.39, 0.29) is 17.3 Å². The van der Waals surface area contributed by atoms with Gasteiger partial charge in [0.05, 0.1) is 10.6 Å². The molecule has 1 amide bonds. The summed E-state index contributed by atoms with van der Waals surface area (Å²) in [5.41, 5.74) is 5.76. The largest absolute Gasteiger partial charge is 0.393 e. The van der Waals surface area contributed by atoms with Crippen molar-refractivity contribution in [2.45, 2.75) is 6.92 Å². The molecule has 1 aromatic carbocycles. The molecule has 80 valence electrons. The summed E-state index contributed by atoms with van der Waals surface area (Å²) in [7, 11) is 1.54. The van der Waals surface area contributed by atoms with Crippen LogP contribution in [0.25, 0.3) is 0 Å². The van der Waals surface area contributed by atoms with Gasteiger partial charge in [0.15, 0.2) is 0 Å². The summed E-state index contributed by atoms with van der Waals surface area (Å²) >= 11 is 0. The zero-order valence-electron chi connectivity index (χ0n) is 8.43. The number of benzene rings is 1. The lowest BCUT2D eigenvalue weighted by molar-refractivity contribution is -0.383. The summed E-state index contributed by atoms with van der Waals surface area (Å²) in [5, 5.41) is 10.6. The number of anilines is 2. The van der Waals surface area contributed by atoms with E-state index in [1.807, 2.05) is 0 Å². The van der Waals surface area contributed by atoms with Crippen LogP contribution in [0.4, 0.5) is 17.1 Å². The monoisotopic (exact) mass is 209 g/mol. The number of nitro groups is 1. The lowest BCUT2D eigenvalue weighted by atomic mass is 10.2. The summed E-state index contributed by atoms with van der Waals surface area (Å²) in [6.07, 6.45) is 0. The average molecular weight is 209 g/mol. The Labute approximate surface area is 86.4 Å². The van der Waals surface area contributed by atoms with Crippen molar-refractivity contribution in [3.63, 3.8) is 0 Å². The maximum absolute atomic E-state index is 11.0.